The van der Waals surface area contributed by atoms with E-state index in [9.17, 15) is 9.59 Å². The van der Waals surface area contributed by atoms with Gasteiger partial charge in [0.1, 0.15) is 5.69 Å². The third kappa shape index (κ3) is 2.63. The lowest BCUT2D eigenvalue weighted by atomic mass is 9.97. The second-order valence-corrected chi connectivity index (χ2v) is 4.98. The second kappa shape index (κ2) is 5.36. The monoisotopic (exact) mass is 282 g/mol. The number of carbonyl (C=O) groups excluding carboxylic acids is 1. The number of benzene rings is 1. The molecule has 0 bridgehead atoms. The molecule has 5 heteroatoms. The third-order valence-corrected chi connectivity index (χ3v) is 3.64. The summed E-state index contributed by atoms with van der Waals surface area (Å²) in [4.78, 5) is 29.2. The number of nitrogens with zero attached hydrogens (tertiary/aromatic N) is 2. The Morgan fingerprint density at radius 2 is 2.00 bits per heavy atom. The number of carboxylic acids is 1. The van der Waals surface area contributed by atoms with E-state index in [0.717, 1.165) is 17.5 Å². The number of aromatic nitrogens is 1. The fourth-order valence-electron chi connectivity index (χ4n) is 2.51. The highest BCUT2D eigenvalue weighted by Gasteiger charge is 2.23. The Hall–Kier alpha value is -2.69. The van der Waals surface area contributed by atoms with E-state index in [-0.39, 0.29) is 11.5 Å². The van der Waals surface area contributed by atoms with Crippen molar-refractivity contribution in [2.24, 2.45) is 0 Å². The third-order valence-electron chi connectivity index (χ3n) is 3.64. The van der Waals surface area contributed by atoms with Gasteiger partial charge in [0, 0.05) is 19.3 Å². The van der Waals surface area contributed by atoms with Gasteiger partial charge in [0.05, 0.1) is 5.56 Å². The number of aromatic carboxylic acids is 1. The molecule has 2 heterocycles. The molecule has 5 nitrogen and oxygen atoms in total. The van der Waals surface area contributed by atoms with Crippen molar-refractivity contribution in [1.82, 2.24) is 9.88 Å². The van der Waals surface area contributed by atoms with Gasteiger partial charge in [0.25, 0.3) is 5.91 Å². The first-order valence-electron chi connectivity index (χ1n) is 6.70. The molecule has 1 aromatic heterocycles. The summed E-state index contributed by atoms with van der Waals surface area (Å²) in [6.07, 6.45) is 2.32. The molecule has 1 aliphatic rings. The largest absolute Gasteiger partial charge is 0.478 e. The zero-order valence-electron chi connectivity index (χ0n) is 11.3. The maximum absolute atomic E-state index is 12.4. The summed E-state index contributed by atoms with van der Waals surface area (Å²) in [5, 5.41) is 9.05. The minimum atomic E-state index is -0.953. The van der Waals surface area contributed by atoms with Crippen LogP contribution in [0, 0.1) is 0 Å². The summed E-state index contributed by atoms with van der Waals surface area (Å²) >= 11 is 0. The zero-order valence-corrected chi connectivity index (χ0v) is 11.3. The van der Waals surface area contributed by atoms with Gasteiger partial charge in [-0.15, -0.1) is 0 Å². The second-order valence-electron chi connectivity index (χ2n) is 4.98. The zero-order chi connectivity index (χ0) is 14.8. The van der Waals surface area contributed by atoms with Crippen LogP contribution in [0.5, 0.6) is 0 Å². The first-order valence-corrected chi connectivity index (χ1v) is 6.70. The van der Waals surface area contributed by atoms with Crippen molar-refractivity contribution in [2.45, 2.75) is 13.0 Å². The molecule has 1 N–H and O–H groups in total. The number of rotatable bonds is 2. The van der Waals surface area contributed by atoms with Crippen molar-refractivity contribution in [3.8, 4) is 0 Å². The van der Waals surface area contributed by atoms with Gasteiger partial charge in [-0.3, -0.25) is 9.78 Å². The molecule has 0 fully saturated rings. The molecule has 21 heavy (non-hydrogen) atoms. The number of hydrogen-bond donors (Lipinski definition) is 1. The fourth-order valence-corrected chi connectivity index (χ4v) is 2.51. The normalized spacial score (nSPS) is 13.6. The van der Waals surface area contributed by atoms with Crippen LogP contribution >= 0.6 is 0 Å². The highest BCUT2D eigenvalue weighted by molar-refractivity contribution is 5.92. The van der Waals surface area contributed by atoms with E-state index in [1.54, 1.807) is 41.4 Å². The molecule has 3 rings (SSSR count). The molecule has 0 unspecified atom stereocenters. The average Bonchev–Trinajstić information content (AvgIpc) is 2.54. The van der Waals surface area contributed by atoms with Crippen LogP contribution in [-0.4, -0.2) is 33.4 Å². The van der Waals surface area contributed by atoms with Gasteiger partial charge >= 0.3 is 5.97 Å². The van der Waals surface area contributed by atoms with E-state index in [0.29, 0.717) is 18.8 Å². The maximum atomic E-state index is 12.4. The number of pyridine rings is 1. The van der Waals surface area contributed by atoms with Crippen molar-refractivity contribution in [1.29, 1.82) is 0 Å². The standard InChI is InChI=1S/C16H14N2O3/c19-15(14-3-1-2-7-17-14)18-8-6-11-4-5-12(16(20)21)9-13(11)10-18/h1-5,7,9H,6,8,10H2,(H,20,21). The molecule has 0 radical (unpaired) electrons. The first-order chi connectivity index (χ1) is 10.1. The number of fused-ring (bicyclic) bond motifs is 1. The van der Waals surface area contributed by atoms with Crippen LogP contribution in [0.1, 0.15) is 32.0 Å². The Morgan fingerprint density at radius 1 is 1.14 bits per heavy atom. The van der Waals surface area contributed by atoms with Gasteiger partial charge in [0.2, 0.25) is 0 Å². The van der Waals surface area contributed by atoms with Crippen LogP contribution in [0.4, 0.5) is 0 Å². The number of carbonyl (C=O) groups is 2. The molecule has 0 saturated heterocycles. The van der Waals surface area contributed by atoms with Crippen molar-refractivity contribution in [3.05, 3.63) is 65.0 Å². The quantitative estimate of drug-likeness (QED) is 0.914. The molecule has 0 atom stereocenters. The minimum Gasteiger partial charge on any atom is -0.478 e. The molecule has 0 spiro atoms. The van der Waals surface area contributed by atoms with Crippen LogP contribution < -0.4 is 0 Å². The van der Waals surface area contributed by atoms with E-state index >= 15 is 0 Å². The van der Waals surface area contributed by atoms with Crippen molar-refractivity contribution >= 4 is 11.9 Å². The molecule has 0 aliphatic carbocycles. The SMILES string of the molecule is O=C(O)c1ccc2c(c1)CN(C(=O)c1ccccn1)CC2. The Morgan fingerprint density at radius 3 is 2.71 bits per heavy atom. The molecule has 1 amide bonds. The summed E-state index contributed by atoms with van der Waals surface area (Å²) in [7, 11) is 0. The van der Waals surface area contributed by atoms with Crippen LogP contribution in [0.15, 0.2) is 42.6 Å². The summed E-state index contributed by atoms with van der Waals surface area (Å²) < 4.78 is 0. The minimum absolute atomic E-state index is 0.123. The lowest BCUT2D eigenvalue weighted by Crippen LogP contribution is -2.36. The highest BCUT2D eigenvalue weighted by Crippen LogP contribution is 2.21. The van der Waals surface area contributed by atoms with Crippen LogP contribution in [0.25, 0.3) is 0 Å². The Bertz CT molecular complexity index is 698. The van der Waals surface area contributed by atoms with Crippen molar-refractivity contribution in [3.63, 3.8) is 0 Å². The summed E-state index contributed by atoms with van der Waals surface area (Å²) in [5.41, 5.74) is 2.66. The number of amides is 1. The van der Waals surface area contributed by atoms with E-state index in [2.05, 4.69) is 4.98 Å². The van der Waals surface area contributed by atoms with Gasteiger partial charge in [-0.1, -0.05) is 12.1 Å². The molecule has 106 valence electrons. The molecule has 1 aliphatic heterocycles. The molecule has 1 aromatic carbocycles. The first kappa shape index (κ1) is 13.3. The topological polar surface area (TPSA) is 70.5 Å². The predicted octanol–water partition coefficient (Wildman–Crippen LogP) is 1.98. The Balaban J connectivity index is 1.85. The molecular formula is C16H14N2O3. The highest BCUT2D eigenvalue weighted by atomic mass is 16.4. The lowest BCUT2D eigenvalue weighted by Gasteiger charge is -2.28. The van der Waals surface area contributed by atoms with E-state index < -0.39 is 5.97 Å². The van der Waals surface area contributed by atoms with Crippen molar-refractivity contribution < 1.29 is 14.7 Å². The van der Waals surface area contributed by atoms with Crippen LogP contribution in [-0.2, 0) is 13.0 Å². The molecule has 0 saturated carbocycles. The van der Waals surface area contributed by atoms with E-state index in [1.165, 1.54) is 0 Å². The van der Waals surface area contributed by atoms with Gasteiger partial charge in [0.15, 0.2) is 0 Å². The Labute approximate surface area is 121 Å². The van der Waals surface area contributed by atoms with Gasteiger partial charge in [-0.05, 0) is 41.8 Å². The number of carboxylic acid groups (broad SMARTS) is 1. The Kier molecular flexibility index (Phi) is 3.39. The molecule has 2 aromatic rings. The smallest absolute Gasteiger partial charge is 0.335 e. The lowest BCUT2D eigenvalue weighted by molar-refractivity contribution is 0.0696. The maximum Gasteiger partial charge on any atom is 0.335 e. The molecular weight excluding hydrogens is 268 g/mol. The van der Waals surface area contributed by atoms with E-state index in [4.69, 9.17) is 5.11 Å². The van der Waals surface area contributed by atoms with Gasteiger partial charge in [-0.25, -0.2) is 4.79 Å². The summed E-state index contributed by atoms with van der Waals surface area (Å²) in [6, 6.07) is 10.3. The summed E-state index contributed by atoms with van der Waals surface area (Å²) in [6.45, 7) is 1.04. The fraction of sp³-hybridized carbons (Fsp3) is 0.188. The van der Waals surface area contributed by atoms with Crippen molar-refractivity contribution in [2.75, 3.05) is 6.54 Å². The van der Waals surface area contributed by atoms with Gasteiger partial charge in [-0.2, -0.15) is 0 Å². The average molecular weight is 282 g/mol. The van der Waals surface area contributed by atoms with Crippen LogP contribution in [0.2, 0.25) is 0 Å². The predicted molar refractivity (Wildman–Crippen MR) is 76.1 cm³/mol. The summed E-state index contributed by atoms with van der Waals surface area (Å²) in [5.74, 6) is -1.08. The van der Waals surface area contributed by atoms with E-state index in [1.807, 2.05) is 6.07 Å². The van der Waals surface area contributed by atoms with Crippen LogP contribution in [0.3, 0.4) is 0 Å². The van der Waals surface area contributed by atoms with Gasteiger partial charge < -0.3 is 10.0 Å². The number of hydrogen-bond acceptors (Lipinski definition) is 3.